The number of halogens is 1. The van der Waals surface area contributed by atoms with E-state index in [0.717, 1.165) is 22.4 Å². The molecule has 0 amide bonds. The second-order valence-corrected chi connectivity index (χ2v) is 7.20. The molecule has 0 aliphatic heterocycles. The molecule has 0 radical (unpaired) electrons. The van der Waals surface area contributed by atoms with E-state index in [0.29, 0.717) is 6.42 Å². The van der Waals surface area contributed by atoms with Gasteiger partial charge in [-0.25, -0.2) is 4.39 Å². The van der Waals surface area contributed by atoms with Gasteiger partial charge in [-0.05, 0) is 55.3 Å². The van der Waals surface area contributed by atoms with Crippen molar-refractivity contribution in [1.82, 2.24) is 5.32 Å². The van der Waals surface area contributed by atoms with Gasteiger partial charge in [0.15, 0.2) is 0 Å². The molecule has 0 aromatic heterocycles. The van der Waals surface area contributed by atoms with Gasteiger partial charge in [-0.1, -0.05) is 74.2 Å². The van der Waals surface area contributed by atoms with Gasteiger partial charge in [0.2, 0.25) is 0 Å². The molecule has 1 N–H and O–H groups in total. The fourth-order valence-electron chi connectivity index (χ4n) is 3.41. The van der Waals surface area contributed by atoms with Crippen molar-refractivity contribution in [3.63, 3.8) is 0 Å². The van der Waals surface area contributed by atoms with Gasteiger partial charge in [0, 0.05) is 11.1 Å². The molecule has 29 heavy (non-hydrogen) atoms. The first-order valence-corrected chi connectivity index (χ1v) is 9.51. The molecule has 0 heterocycles. The maximum atomic E-state index is 13.7. The molecule has 2 aromatic rings. The van der Waals surface area contributed by atoms with Crippen molar-refractivity contribution >= 4 is 5.57 Å². The van der Waals surface area contributed by atoms with Gasteiger partial charge in [-0.2, -0.15) is 5.26 Å². The summed E-state index contributed by atoms with van der Waals surface area (Å²) < 4.78 is 13.7. The molecule has 0 aliphatic carbocycles. The van der Waals surface area contributed by atoms with E-state index in [9.17, 15) is 4.39 Å². The standard InChI is InChI=1S/C26H27FN2/c1-6-21(22-13-14-25(27)23(16-22)18-28)15-19(3)26(5,17-20(4)29-7-2)24-11-9-8-10-12-24/h6-16,29H,2,4,17H2,1,3,5H3/b19-15+,21-6+. The van der Waals surface area contributed by atoms with E-state index in [1.807, 2.05) is 37.3 Å². The molecule has 0 aliphatic rings. The number of nitrogens with zero attached hydrogens (tertiary/aromatic N) is 1. The molecule has 0 bridgehead atoms. The Morgan fingerprint density at radius 3 is 2.52 bits per heavy atom. The summed E-state index contributed by atoms with van der Waals surface area (Å²) in [6.07, 6.45) is 6.39. The minimum absolute atomic E-state index is 0.0438. The van der Waals surface area contributed by atoms with Crippen LogP contribution in [0.2, 0.25) is 0 Å². The molecule has 0 saturated carbocycles. The third kappa shape index (κ3) is 5.12. The SMILES string of the molecule is C=CNC(=C)CC(C)(/C(C)=C/C(=C\C)c1ccc(F)c(C#N)c1)c1ccccc1. The summed E-state index contributed by atoms with van der Waals surface area (Å²) in [7, 11) is 0. The molecule has 148 valence electrons. The van der Waals surface area contributed by atoms with Gasteiger partial charge in [-0.3, -0.25) is 0 Å². The Balaban J connectivity index is 2.52. The normalized spacial score (nSPS) is 13.9. The van der Waals surface area contributed by atoms with E-state index in [-0.39, 0.29) is 11.0 Å². The summed E-state index contributed by atoms with van der Waals surface area (Å²) in [6, 6.07) is 16.8. The zero-order valence-electron chi connectivity index (χ0n) is 17.3. The van der Waals surface area contributed by atoms with Crippen LogP contribution in [0.25, 0.3) is 5.57 Å². The van der Waals surface area contributed by atoms with Crippen LogP contribution in [0.4, 0.5) is 4.39 Å². The first kappa shape index (κ1) is 21.9. The number of nitrogens with one attached hydrogen (secondary N) is 1. The summed E-state index contributed by atoms with van der Waals surface area (Å²) >= 11 is 0. The topological polar surface area (TPSA) is 35.8 Å². The number of rotatable bonds is 8. The van der Waals surface area contributed by atoms with Gasteiger partial charge in [0.05, 0.1) is 5.56 Å². The molecule has 2 rings (SSSR count). The largest absolute Gasteiger partial charge is 0.366 e. The smallest absolute Gasteiger partial charge is 0.140 e. The number of hydrogen-bond acceptors (Lipinski definition) is 2. The van der Waals surface area contributed by atoms with Crippen LogP contribution in [-0.4, -0.2) is 0 Å². The van der Waals surface area contributed by atoms with Crippen LogP contribution in [0.3, 0.4) is 0 Å². The Morgan fingerprint density at radius 1 is 1.24 bits per heavy atom. The van der Waals surface area contributed by atoms with E-state index in [1.165, 1.54) is 11.6 Å². The summed E-state index contributed by atoms with van der Waals surface area (Å²) in [6.45, 7) is 14.1. The lowest BCUT2D eigenvalue weighted by Crippen LogP contribution is -2.26. The Labute approximate surface area is 173 Å². The molecule has 0 saturated heterocycles. The lowest BCUT2D eigenvalue weighted by molar-refractivity contribution is 0.540. The fraction of sp³-hybridized carbons (Fsp3) is 0.192. The third-order valence-electron chi connectivity index (χ3n) is 5.26. The Hall–Kier alpha value is -3.38. The summed E-state index contributed by atoms with van der Waals surface area (Å²) in [4.78, 5) is 0. The van der Waals surface area contributed by atoms with E-state index in [1.54, 1.807) is 18.3 Å². The number of nitriles is 1. The lowest BCUT2D eigenvalue weighted by atomic mass is 9.72. The average molecular weight is 387 g/mol. The van der Waals surface area contributed by atoms with Crippen LogP contribution in [0.1, 0.15) is 43.9 Å². The minimum Gasteiger partial charge on any atom is -0.366 e. The van der Waals surface area contributed by atoms with Gasteiger partial charge in [-0.15, -0.1) is 0 Å². The average Bonchev–Trinajstić information content (AvgIpc) is 2.73. The predicted octanol–water partition coefficient (Wildman–Crippen LogP) is 6.64. The predicted molar refractivity (Wildman–Crippen MR) is 119 cm³/mol. The van der Waals surface area contributed by atoms with Crippen LogP contribution in [-0.2, 0) is 5.41 Å². The van der Waals surface area contributed by atoms with Crippen LogP contribution in [0.5, 0.6) is 0 Å². The Kier molecular flexibility index (Phi) is 7.33. The van der Waals surface area contributed by atoms with Crippen molar-refractivity contribution in [2.45, 2.75) is 32.6 Å². The molecule has 2 aromatic carbocycles. The highest BCUT2D eigenvalue weighted by Gasteiger charge is 2.29. The highest BCUT2D eigenvalue weighted by molar-refractivity contribution is 5.75. The molecular weight excluding hydrogens is 359 g/mol. The van der Waals surface area contributed by atoms with E-state index in [4.69, 9.17) is 5.26 Å². The summed E-state index contributed by atoms with van der Waals surface area (Å²) in [5, 5.41) is 12.3. The van der Waals surface area contributed by atoms with Crippen molar-refractivity contribution in [3.05, 3.63) is 114 Å². The van der Waals surface area contributed by atoms with Gasteiger partial charge >= 0.3 is 0 Å². The monoisotopic (exact) mass is 386 g/mol. The zero-order valence-corrected chi connectivity index (χ0v) is 17.3. The van der Waals surface area contributed by atoms with Gasteiger partial charge in [0.25, 0.3) is 0 Å². The molecule has 1 atom stereocenters. The van der Waals surface area contributed by atoms with Crippen LogP contribution < -0.4 is 5.32 Å². The van der Waals surface area contributed by atoms with E-state index in [2.05, 4.69) is 50.5 Å². The second-order valence-electron chi connectivity index (χ2n) is 7.20. The zero-order chi connectivity index (χ0) is 21.4. The lowest BCUT2D eigenvalue weighted by Gasteiger charge is -2.33. The summed E-state index contributed by atoms with van der Waals surface area (Å²) in [5.41, 5.74) is 4.66. The summed E-state index contributed by atoms with van der Waals surface area (Å²) in [5.74, 6) is -0.506. The molecule has 2 nitrogen and oxygen atoms in total. The third-order valence-corrected chi connectivity index (χ3v) is 5.26. The molecular formula is C26H27FN2. The second kappa shape index (κ2) is 9.71. The molecule has 1 unspecified atom stereocenters. The van der Waals surface area contributed by atoms with Crippen molar-refractivity contribution in [2.24, 2.45) is 0 Å². The highest BCUT2D eigenvalue weighted by Crippen LogP contribution is 2.38. The maximum Gasteiger partial charge on any atom is 0.140 e. The molecule has 0 spiro atoms. The van der Waals surface area contributed by atoms with Crippen molar-refractivity contribution in [2.75, 3.05) is 0 Å². The van der Waals surface area contributed by atoms with Gasteiger partial charge < -0.3 is 5.32 Å². The minimum atomic E-state index is -0.506. The van der Waals surface area contributed by atoms with Crippen LogP contribution in [0.15, 0.2) is 91.3 Å². The Bertz CT molecular complexity index is 993. The quantitative estimate of drug-likeness (QED) is 0.516. The van der Waals surface area contributed by atoms with Crippen LogP contribution in [0, 0.1) is 17.1 Å². The first-order chi connectivity index (χ1) is 13.8. The van der Waals surface area contributed by atoms with E-state index < -0.39 is 5.82 Å². The number of benzene rings is 2. The van der Waals surface area contributed by atoms with Crippen molar-refractivity contribution in [1.29, 1.82) is 5.26 Å². The van der Waals surface area contributed by atoms with Crippen LogP contribution >= 0.6 is 0 Å². The molecule has 0 fully saturated rings. The van der Waals surface area contributed by atoms with Crippen molar-refractivity contribution in [3.8, 4) is 6.07 Å². The Morgan fingerprint density at radius 2 is 1.93 bits per heavy atom. The highest BCUT2D eigenvalue weighted by atomic mass is 19.1. The van der Waals surface area contributed by atoms with Gasteiger partial charge in [0.1, 0.15) is 11.9 Å². The maximum absolute atomic E-state index is 13.7. The van der Waals surface area contributed by atoms with E-state index >= 15 is 0 Å². The van der Waals surface area contributed by atoms with Crippen molar-refractivity contribution < 1.29 is 4.39 Å². The number of hydrogen-bond donors (Lipinski definition) is 1. The number of allylic oxidation sites excluding steroid dienone is 5. The fourth-order valence-corrected chi connectivity index (χ4v) is 3.41. The molecule has 3 heteroatoms. The first-order valence-electron chi connectivity index (χ1n) is 9.51.